The quantitative estimate of drug-likeness (QED) is 0.714. The fraction of sp³-hybridized carbons (Fsp3) is 0.636. The van der Waals surface area contributed by atoms with Gasteiger partial charge in [0.25, 0.3) is 10.0 Å². The summed E-state index contributed by atoms with van der Waals surface area (Å²) in [6.07, 6.45) is 3.13. The van der Waals surface area contributed by atoms with Crippen molar-refractivity contribution in [2.75, 3.05) is 13.1 Å². The van der Waals surface area contributed by atoms with Gasteiger partial charge in [-0.2, -0.15) is 4.31 Å². The molecule has 2 atom stereocenters. The van der Waals surface area contributed by atoms with Crippen LogP contribution in [0.25, 0.3) is 0 Å². The molecule has 0 radical (unpaired) electrons. The molecule has 1 aliphatic rings. The number of carbonyl (C=O) groups is 1. The summed E-state index contributed by atoms with van der Waals surface area (Å²) in [7, 11) is -2.12. The third-order valence-corrected chi connectivity index (χ3v) is 4.96. The van der Waals surface area contributed by atoms with Crippen LogP contribution in [0, 0.1) is 0 Å². The van der Waals surface area contributed by atoms with Crippen molar-refractivity contribution in [1.82, 2.24) is 19.2 Å². The summed E-state index contributed by atoms with van der Waals surface area (Å²) in [5.74, 6) is -0.319. The number of likely N-dealkylation sites (N-methyl/N-ethyl adjacent to an activating group) is 1. The van der Waals surface area contributed by atoms with E-state index in [0.29, 0.717) is 13.0 Å². The molecule has 9 heteroatoms. The lowest BCUT2D eigenvalue weighted by Crippen LogP contribution is -2.45. The lowest BCUT2D eigenvalue weighted by Gasteiger charge is -2.21. The van der Waals surface area contributed by atoms with E-state index in [1.807, 2.05) is 0 Å². The fourth-order valence-electron chi connectivity index (χ4n) is 2.27. The summed E-state index contributed by atoms with van der Waals surface area (Å²) in [4.78, 5) is 15.8. The molecule has 1 fully saturated rings. The molecule has 1 saturated heterocycles. The summed E-state index contributed by atoms with van der Waals surface area (Å²) >= 11 is 0. The molecule has 0 spiro atoms. The van der Waals surface area contributed by atoms with Crippen LogP contribution in [0.1, 0.15) is 13.3 Å². The van der Waals surface area contributed by atoms with Gasteiger partial charge in [-0.1, -0.05) is 0 Å². The first-order valence-electron chi connectivity index (χ1n) is 6.39. The molecule has 1 aromatic heterocycles. The molecule has 0 saturated carbocycles. The van der Waals surface area contributed by atoms with Gasteiger partial charge in [0.2, 0.25) is 5.91 Å². The number of nitrogens with two attached hydrogens (primary N) is 1. The van der Waals surface area contributed by atoms with E-state index in [2.05, 4.69) is 10.3 Å². The van der Waals surface area contributed by atoms with Gasteiger partial charge in [-0.25, -0.2) is 13.4 Å². The smallest absolute Gasteiger partial charge is 0.262 e. The van der Waals surface area contributed by atoms with E-state index in [1.54, 1.807) is 18.5 Å². The lowest BCUT2D eigenvalue weighted by molar-refractivity contribution is -0.124. The van der Waals surface area contributed by atoms with E-state index < -0.39 is 16.1 Å². The SMILES string of the molecule is CCNC(=O)[C@@H]1C[C@@H](N)CN1S(=O)(=O)c1cn(C)cn1. The molecule has 2 heterocycles. The third-order valence-electron chi connectivity index (χ3n) is 3.20. The number of rotatable bonds is 4. The highest BCUT2D eigenvalue weighted by Crippen LogP contribution is 2.24. The second kappa shape index (κ2) is 5.51. The van der Waals surface area contributed by atoms with Crippen LogP contribution >= 0.6 is 0 Å². The zero-order chi connectivity index (χ0) is 14.9. The van der Waals surface area contributed by atoms with E-state index in [4.69, 9.17) is 5.73 Å². The summed E-state index contributed by atoms with van der Waals surface area (Å²) in [6.45, 7) is 2.35. The Labute approximate surface area is 118 Å². The Morgan fingerprint density at radius 1 is 1.60 bits per heavy atom. The number of nitrogens with zero attached hydrogens (tertiary/aromatic N) is 3. The molecular formula is C11H19N5O3S. The molecule has 3 N–H and O–H groups in total. The van der Waals surface area contributed by atoms with Crippen LogP contribution in [-0.4, -0.2) is 53.4 Å². The molecule has 112 valence electrons. The number of hydrogen-bond acceptors (Lipinski definition) is 5. The van der Waals surface area contributed by atoms with Gasteiger partial charge in [0, 0.05) is 32.4 Å². The van der Waals surface area contributed by atoms with Crippen molar-refractivity contribution >= 4 is 15.9 Å². The van der Waals surface area contributed by atoms with E-state index in [9.17, 15) is 13.2 Å². The minimum Gasteiger partial charge on any atom is -0.355 e. The molecule has 8 nitrogen and oxygen atoms in total. The summed E-state index contributed by atoms with van der Waals surface area (Å²) in [5.41, 5.74) is 5.82. The van der Waals surface area contributed by atoms with Gasteiger partial charge in [-0.05, 0) is 13.3 Å². The van der Waals surface area contributed by atoms with E-state index in [1.165, 1.54) is 12.5 Å². The zero-order valence-electron chi connectivity index (χ0n) is 11.5. The molecule has 1 amide bonds. The van der Waals surface area contributed by atoms with Crippen LogP contribution in [0.2, 0.25) is 0 Å². The Balaban J connectivity index is 2.31. The Morgan fingerprint density at radius 3 is 2.85 bits per heavy atom. The maximum absolute atomic E-state index is 12.5. The number of nitrogens with one attached hydrogen (secondary N) is 1. The van der Waals surface area contributed by atoms with Crippen molar-refractivity contribution in [2.45, 2.75) is 30.5 Å². The van der Waals surface area contributed by atoms with Gasteiger partial charge in [0.05, 0.1) is 6.33 Å². The minimum atomic E-state index is -3.80. The maximum Gasteiger partial charge on any atom is 0.262 e. The minimum absolute atomic E-state index is 0.0663. The van der Waals surface area contributed by atoms with Crippen LogP contribution in [0.15, 0.2) is 17.6 Å². The highest BCUT2D eigenvalue weighted by Gasteiger charge is 2.43. The Morgan fingerprint density at radius 2 is 2.30 bits per heavy atom. The molecule has 0 aromatic carbocycles. The van der Waals surface area contributed by atoms with Crippen molar-refractivity contribution in [3.8, 4) is 0 Å². The molecule has 0 unspecified atom stereocenters. The molecule has 2 rings (SSSR count). The first-order chi connectivity index (χ1) is 9.36. The van der Waals surface area contributed by atoms with Crippen LogP contribution in [0.3, 0.4) is 0 Å². The number of imidazole rings is 1. The van der Waals surface area contributed by atoms with Gasteiger partial charge < -0.3 is 15.6 Å². The predicted molar refractivity (Wildman–Crippen MR) is 72.2 cm³/mol. The average Bonchev–Trinajstić information content (AvgIpc) is 2.96. The number of hydrogen-bond donors (Lipinski definition) is 2. The standard InChI is InChI=1S/C11H19N5O3S/c1-3-13-11(17)9-4-8(12)5-16(9)20(18,19)10-6-15(2)7-14-10/h6-9H,3-5,12H2,1-2H3,(H,13,17)/t8-,9+/m1/s1. The lowest BCUT2D eigenvalue weighted by atomic mass is 10.2. The van der Waals surface area contributed by atoms with Gasteiger partial charge in [0.15, 0.2) is 5.03 Å². The fourth-order valence-corrected chi connectivity index (χ4v) is 3.90. The summed E-state index contributed by atoms with van der Waals surface area (Å²) < 4.78 is 27.7. The zero-order valence-corrected chi connectivity index (χ0v) is 12.3. The highest BCUT2D eigenvalue weighted by molar-refractivity contribution is 7.89. The van der Waals surface area contributed by atoms with Gasteiger partial charge in [-0.3, -0.25) is 4.79 Å². The van der Waals surface area contributed by atoms with Crippen LogP contribution in [0.4, 0.5) is 0 Å². The van der Waals surface area contributed by atoms with Crippen LogP contribution < -0.4 is 11.1 Å². The number of aromatic nitrogens is 2. The molecule has 20 heavy (non-hydrogen) atoms. The van der Waals surface area contributed by atoms with Crippen LogP contribution in [-0.2, 0) is 21.9 Å². The normalized spacial score (nSPS) is 23.9. The van der Waals surface area contributed by atoms with Crippen molar-refractivity contribution in [3.63, 3.8) is 0 Å². The molecule has 1 aromatic rings. The third kappa shape index (κ3) is 2.69. The number of amides is 1. The van der Waals surface area contributed by atoms with Crippen LogP contribution in [0.5, 0.6) is 0 Å². The Kier molecular flexibility index (Phi) is 4.11. The van der Waals surface area contributed by atoms with Gasteiger partial charge >= 0.3 is 0 Å². The summed E-state index contributed by atoms with van der Waals surface area (Å²) in [5, 5.41) is 2.57. The number of aryl methyl sites for hydroxylation is 1. The first-order valence-corrected chi connectivity index (χ1v) is 7.83. The second-order valence-corrected chi connectivity index (χ2v) is 6.70. The van der Waals surface area contributed by atoms with E-state index in [0.717, 1.165) is 4.31 Å². The monoisotopic (exact) mass is 301 g/mol. The molecule has 0 aliphatic carbocycles. The number of sulfonamides is 1. The Bertz CT molecular complexity index is 597. The topological polar surface area (TPSA) is 110 Å². The largest absolute Gasteiger partial charge is 0.355 e. The van der Waals surface area contributed by atoms with E-state index >= 15 is 0 Å². The first kappa shape index (κ1) is 14.9. The van der Waals surface area contributed by atoms with E-state index in [-0.39, 0.29) is 23.5 Å². The highest BCUT2D eigenvalue weighted by atomic mass is 32.2. The molecule has 0 bridgehead atoms. The van der Waals surface area contributed by atoms with Crippen molar-refractivity contribution < 1.29 is 13.2 Å². The predicted octanol–water partition coefficient (Wildman–Crippen LogP) is -1.35. The summed E-state index contributed by atoms with van der Waals surface area (Å²) in [6, 6.07) is -1.11. The van der Waals surface area contributed by atoms with Crippen molar-refractivity contribution in [1.29, 1.82) is 0 Å². The number of carbonyl (C=O) groups excluding carboxylic acids is 1. The van der Waals surface area contributed by atoms with Gasteiger partial charge in [0.1, 0.15) is 6.04 Å². The molecular weight excluding hydrogens is 282 g/mol. The van der Waals surface area contributed by atoms with Crippen molar-refractivity contribution in [3.05, 3.63) is 12.5 Å². The molecule has 1 aliphatic heterocycles. The maximum atomic E-state index is 12.5. The van der Waals surface area contributed by atoms with Gasteiger partial charge in [-0.15, -0.1) is 0 Å². The Hall–Kier alpha value is -1.45. The second-order valence-electron chi connectivity index (χ2n) is 4.86. The van der Waals surface area contributed by atoms with Crippen molar-refractivity contribution in [2.24, 2.45) is 12.8 Å². The average molecular weight is 301 g/mol.